The van der Waals surface area contributed by atoms with Crippen LogP contribution in [0.25, 0.3) is 6.08 Å². The molecule has 2 aliphatic rings. The number of aliphatic hydroxyl groups is 2. The Labute approximate surface area is 341 Å². The molecule has 0 aromatic heterocycles. The van der Waals surface area contributed by atoms with E-state index in [0.717, 1.165) is 37.5 Å². The van der Waals surface area contributed by atoms with Crippen LogP contribution in [0.3, 0.4) is 0 Å². The predicted molar refractivity (Wildman–Crippen MR) is 229 cm³/mol. The first-order valence-electron chi connectivity index (χ1n) is 20.0. The van der Waals surface area contributed by atoms with Gasteiger partial charge in [-0.2, -0.15) is 0 Å². The quantitative estimate of drug-likeness (QED) is 0.0389. The molecule has 0 spiro atoms. The fourth-order valence-electron chi connectivity index (χ4n) is 9.19. The fraction of sp³-hybridized carbons (Fsp3) is 0.362. The summed E-state index contributed by atoms with van der Waals surface area (Å²) in [5.41, 5.74) is 4.60. The molecule has 4 aromatic carbocycles. The first-order chi connectivity index (χ1) is 27.6. The van der Waals surface area contributed by atoms with Gasteiger partial charge >= 0.3 is 0 Å². The molecule has 4 aromatic rings. The number of nitro benzene ring substituents is 1. The number of amides is 2. The van der Waals surface area contributed by atoms with Gasteiger partial charge in [-0.1, -0.05) is 106 Å². The van der Waals surface area contributed by atoms with E-state index in [0.29, 0.717) is 30.4 Å². The molecule has 1 saturated heterocycles. The standard InChI is InChI=1S/C47H54N2O8Si/c1-7-32(25-33-23-30(2)44(52)31(3)24-33)21-22-41(51)42-34(29-57-58(47(4,5)6,37-17-10-8-11-18-37)38-19-12-9-13-20-38)26-39-43(40(42)28-50)46(54)48(45(39)53)35-15-14-16-36(27-35)49(55)56/h8-20,23-25,27,39-41,43,50-52H,7,21-22,26,28-29H2,1-6H3/b32-25+/t39-,40+,41-,43-/m1/s1. The van der Waals surface area contributed by atoms with Crippen LogP contribution in [0.15, 0.2) is 114 Å². The lowest BCUT2D eigenvalue weighted by Gasteiger charge is -2.44. The molecule has 6 rings (SSSR count). The van der Waals surface area contributed by atoms with Crippen LogP contribution in [0.4, 0.5) is 11.4 Å². The monoisotopic (exact) mass is 802 g/mol. The second kappa shape index (κ2) is 17.3. The minimum Gasteiger partial charge on any atom is -0.507 e. The highest BCUT2D eigenvalue weighted by Gasteiger charge is 2.56. The van der Waals surface area contributed by atoms with Gasteiger partial charge in [0.25, 0.3) is 14.0 Å². The normalized spacial score (nSPS) is 19.4. The number of phenolic OH excluding ortho intramolecular Hbond substituents is 1. The molecular formula is C47H54N2O8Si. The molecule has 304 valence electrons. The third kappa shape index (κ3) is 8.09. The maximum Gasteiger partial charge on any atom is 0.271 e. The van der Waals surface area contributed by atoms with Crippen LogP contribution in [-0.4, -0.2) is 59.7 Å². The number of carbonyl (C=O) groups excluding carboxylic acids is 2. The molecule has 0 unspecified atom stereocenters. The van der Waals surface area contributed by atoms with Crippen molar-refractivity contribution in [2.75, 3.05) is 18.1 Å². The molecular weight excluding hydrogens is 749 g/mol. The molecule has 10 nitrogen and oxygen atoms in total. The van der Waals surface area contributed by atoms with Gasteiger partial charge in [0.15, 0.2) is 0 Å². The number of imide groups is 1. The van der Waals surface area contributed by atoms with E-state index in [4.69, 9.17) is 4.43 Å². The third-order valence-corrected chi connectivity index (χ3v) is 17.0. The van der Waals surface area contributed by atoms with Crippen LogP contribution in [0, 0.1) is 41.7 Å². The summed E-state index contributed by atoms with van der Waals surface area (Å²) in [7, 11) is -3.11. The largest absolute Gasteiger partial charge is 0.507 e. The predicted octanol–water partition coefficient (Wildman–Crippen LogP) is 7.54. The molecule has 1 aliphatic carbocycles. The van der Waals surface area contributed by atoms with Gasteiger partial charge < -0.3 is 19.7 Å². The number of fused-ring (bicyclic) bond motifs is 1. The molecule has 58 heavy (non-hydrogen) atoms. The Kier molecular flexibility index (Phi) is 12.7. The number of phenols is 1. The maximum atomic E-state index is 14.4. The van der Waals surface area contributed by atoms with Crippen LogP contribution in [-0.2, 0) is 14.0 Å². The van der Waals surface area contributed by atoms with Crippen molar-refractivity contribution in [3.8, 4) is 5.75 Å². The number of anilines is 1. The summed E-state index contributed by atoms with van der Waals surface area (Å²) in [4.78, 5) is 40.8. The molecule has 4 atom stereocenters. The van der Waals surface area contributed by atoms with Gasteiger partial charge in [0, 0.05) is 18.1 Å². The van der Waals surface area contributed by atoms with Crippen molar-refractivity contribution in [2.24, 2.45) is 17.8 Å². The van der Waals surface area contributed by atoms with Crippen LogP contribution >= 0.6 is 0 Å². The van der Waals surface area contributed by atoms with E-state index < -0.39 is 55.5 Å². The number of non-ortho nitro benzene ring substituents is 1. The summed E-state index contributed by atoms with van der Waals surface area (Å²) in [5.74, 6) is -3.55. The van der Waals surface area contributed by atoms with Crippen molar-refractivity contribution in [3.05, 3.63) is 141 Å². The Morgan fingerprint density at radius 2 is 1.55 bits per heavy atom. The number of hydrogen-bond acceptors (Lipinski definition) is 8. The Balaban J connectivity index is 1.43. The maximum absolute atomic E-state index is 14.4. The fourth-order valence-corrected chi connectivity index (χ4v) is 13.7. The highest BCUT2D eigenvalue weighted by atomic mass is 28.4. The summed E-state index contributed by atoms with van der Waals surface area (Å²) in [5, 5.41) is 47.2. The van der Waals surface area contributed by atoms with Gasteiger partial charge in [0.05, 0.1) is 41.8 Å². The number of carbonyl (C=O) groups is 2. The van der Waals surface area contributed by atoms with Gasteiger partial charge in [0.2, 0.25) is 11.8 Å². The molecule has 0 bridgehead atoms. The average Bonchev–Trinajstić information content (AvgIpc) is 3.46. The second-order valence-corrected chi connectivity index (χ2v) is 20.9. The number of nitro groups is 1. The number of aliphatic hydroxyl groups excluding tert-OH is 2. The summed E-state index contributed by atoms with van der Waals surface area (Å²) in [6, 6.07) is 29.6. The van der Waals surface area contributed by atoms with Crippen molar-refractivity contribution in [1.29, 1.82) is 0 Å². The van der Waals surface area contributed by atoms with Crippen LogP contribution in [0.1, 0.15) is 70.1 Å². The van der Waals surface area contributed by atoms with Gasteiger partial charge in [0.1, 0.15) is 5.75 Å². The van der Waals surface area contributed by atoms with Crippen molar-refractivity contribution in [2.45, 2.75) is 78.4 Å². The van der Waals surface area contributed by atoms with Gasteiger partial charge in [-0.15, -0.1) is 0 Å². The highest BCUT2D eigenvalue weighted by molar-refractivity contribution is 6.99. The molecule has 0 radical (unpaired) electrons. The van der Waals surface area contributed by atoms with E-state index in [1.165, 1.54) is 24.3 Å². The zero-order chi connectivity index (χ0) is 41.9. The van der Waals surface area contributed by atoms with Crippen LogP contribution < -0.4 is 15.3 Å². The summed E-state index contributed by atoms with van der Waals surface area (Å²) in [6.07, 6.45) is 2.63. The second-order valence-electron chi connectivity index (χ2n) is 16.6. The number of allylic oxidation sites excluding steroid dienone is 1. The molecule has 1 heterocycles. The number of hydrogen-bond donors (Lipinski definition) is 3. The number of nitrogens with zero attached hydrogens (tertiary/aromatic N) is 2. The third-order valence-electron chi connectivity index (χ3n) is 12.0. The lowest BCUT2D eigenvalue weighted by molar-refractivity contribution is -0.384. The Morgan fingerprint density at radius 1 is 0.948 bits per heavy atom. The number of benzene rings is 4. The number of aryl methyl sites for hydroxylation is 2. The van der Waals surface area contributed by atoms with Crippen molar-refractivity contribution in [1.82, 2.24) is 0 Å². The zero-order valence-corrected chi connectivity index (χ0v) is 35.1. The minimum absolute atomic E-state index is 0.0558. The minimum atomic E-state index is -3.11. The Morgan fingerprint density at radius 3 is 2.09 bits per heavy atom. The molecule has 3 N–H and O–H groups in total. The van der Waals surface area contributed by atoms with Crippen molar-refractivity contribution in [3.63, 3.8) is 0 Å². The van der Waals surface area contributed by atoms with E-state index in [1.807, 2.05) is 69.3 Å². The Bertz CT molecular complexity index is 2170. The molecule has 1 aliphatic heterocycles. The first-order valence-corrected chi connectivity index (χ1v) is 21.9. The van der Waals surface area contributed by atoms with E-state index in [2.05, 4.69) is 51.1 Å². The van der Waals surface area contributed by atoms with Crippen LogP contribution in [0.5, 0.6) is 5.75 Å². The lowest BCUT2D eigenvalue weighted by Crippen LogP contribution is -2.66. The topological polar surface area (TPSA) is 150 Å². The zero-order valence-electron chi connectivity index (χ0n) is 34.1. The number of aromatic hydroxyl groups is 1. The SMILES string of the molecule is CC/C(=C\c1cc(C)c(O)c(C)c1)CC[C@@H](O)C1=C(CO[Si](c2ccccc2)(c2ccccc2)C(C)(C)C)C[C@H]2C(=O)N(c3cccc([N+](=O)[O-])c3)C(=O)[C@H]2[C@H]1CO. The molecule has 2 amide bonds. The van der Waals surface area contributed by atoms with E-state index in [9.17, 15) is 35.0 Å². The lowest BCUT2D eigenvalue weighted by atomic mass is 9.68. The van der Waals surface area contributed by atoms with Gasteiger partial charge in [-0.05, 0) is 101 Å². The molecule has 11 heteroatoms. The van der Waals surface area contributed by atoms with Gasteiger partial charge in [-0.25, -0.2) is 4.90 Å². The number of rotatable bonds is 14. The van der Waals surface area contributed by atoms with Crippen molar-refractivity contribution >= 4 is 48.0 Å². The molecule has 1 fully saturated rings. The summed E-state index contributed by atoms with van der Waals surface area (Å²) < 4.78 is 7.37. The Hall–Kier alpha value is -5.20. The molecule has 0 saturated carbocycles. The summed E-state index contributed by atoms with van der Waals surface area (Å²) in [6.45, 7) is 11.8. The smallest absolute Gasteiger partial charge is 0.271 e. The highest BCUT2D eigenvalue weighted by Crippen LogP contribution is 2.48. The van der Waals surface area contributed by atoms with E-state index >= 15 is 0 Å². The average molecular weight is 803 g/mol. The van der Waals surface area contributed by atoms with Gasteiger partial charge in [-0.3, -0.25) is 19.7 Å². The van der Waals surface area contributed by atoms with E-state index in [1.54, 1.807) is 0 Å². The van der Waals surface area contributed by atoms with Crippen molar-refractivity contribution < 1.29 is 34.3 Å². The summed E-state index contributed by atoms with van der Waals surface area (Å²) >= 11 is 0. The van der Waals surface area contributed by atoms with E-state index in [-0.39, 0.29) is 35.2 Å². The first kappa shape index (κ1) is 42.4. The van der Waals surface area contributed by atoms with Crippen LogP contribution in [0.2, 0.25) is 5.04 Å².